The third kappa shape index (κ3) is 5.41. The lowest BCUT2D eigenvalue weighted by Gasteiger charge is -2.25. The van der Waals surface area contributed by atoms with Crippen molar-refractivity contribution in [2.24, 2.45) is 0 Å². The normalized spacial score (nSPS) is 15.2. The molecule has 7 heteroatoms. The number of H-pyrrole nitrogens is 1. The van der Waals surface area contributed by atoms with E-state index in [9.17, 15) is 9.59 Å². The number of methoxy groups -OCH3 is 1. The summed E-state index contributed by atoms with van der Waals surface area (Å²) >= 11 is 0. The number of urea groups is 1. The molecule has 1 aliphatic rings. The van der Waals surface area contributed by atoms with E-state index >= 15 is 0 Å². The first-order chi connectivity index (χ1) is 15.6. The summed E-state index contributed by atoms with van der Waals surface area (Å²) in [4.78, 5) is 29.1. The molecule has 0 spiro atoms. The van der Waals surface area contributed by atoms with Gasteiger partial charge < -0.3 is 25.7 Å². The van der Waals surface area contributed by atoms with Gasteiger partial charge in [-0.1, -0.05) is 37.5 Å². The lowest BCUT2D eigenvalue weighted by atomic mass is 9.96. The van der Waals surface area contributed by atoms with E-state index in [4.69, 9.17) is 4.74 Å². The molecule has 7 nitrogen and oxygen atoms in total. The predicted octanol–water partition coefficient (Wildman–Crippen LogP) is 4.36. The molecule has 1 saturated carbocycles. The maximum absolute atomic E-state index is 13.2. The number of para-hydroxylation sites is 1. The van der Waals surface area contributed by atoms with Gasteiger partial charge >= 0.3 is 6.03 Å². The molecule has 4 rings (SSSR count). The van der Waals surface area contributed by atoms with Crippen LogP contribution in [0.4, 0.5) is 10.5 Å². The first-order valence-electron chi connectivity index (χ1n) is 11.2. The van der Waals surface area contributed by atoms with Gasteiger partial charge in [0.1, 0.15) is 11.8 Å². The Balaban J connectivity index is 1.49. The summed E-state index contributed by atoms with van der Waals surface area (Å²) in [5.41, 5.74) is 2.63. The van der Waals surface area contributed by atoms with Crippen molar-refractivity contribution in [2.45, 2.75) is 50.6 Å². The van der Waals surface area contributed by atoms with Crippen LogP contribution in [0.15, 0.2) is 54.7 Å². The van der Waals surface area contributed by atoms with Crippen LogP contribution in [0.25, 0.3) is 10.9 Å². The second-order valence-corrected chi connectivity index (χ2v) is 8.29. The molecule has 4 N–H and O–H groups in total. The highest BCUT2D eigenvalue weighted by Gasteiger charge is 2.24. The summed E-state index contributed by atoms with van der Waals surface area (Å²) < 4.78 is 5.18. The Morgan fingerprint density at radius 1 is 1.06 bits per heavy atom. The number of anilines is 1. The molecule has 1 fully saturated rings. The predicted molar refractivity (Wildman–Crippen MR) is 126 cm³/mol. The highest BCUT2D eigenvalue weighted by molar-refractivity contribution is 5.97. The maximum atomic E-state index is 13.2. The van der Waals surface area contributed by atoms with Crippen LogP contribution in [0.3, 0.4) is 0 Å². The number of amides is 3. The Kier molecular flexibility index (Phi) is 6.94. The van der Waals surface area contributed by atoms with Crippen LogP contribution < -0.4 is 20.7 Å². The summed E-state index contributed by atoms with van der Waals surface area (Å²) in [6, 6.07) is 14.2. The van der Waals surface area contributed by atoms with Crippen LogP contribution in [0.5, 0.6) is 5.75 Å². The van der Waals surface area contributed by atoms with Crippen LogP contribution in [0.2, 0.25) is 0 Å². The van der Waals surface area contributed by atoms with E-state index in [-0.39, 0.29) is 18.0 Å². The van der Waals surface area contributed by atoms with E-state index < -0.39 is 6.04 Å². The summed E-state index contributed by atoms with van der Waals surface area (Å²) in [5.74, 6) is 0.447. The first-order valence-corrected chi connectivity index (χ1v) is 11.2. The van der Waals surface area contributed by atoms with Gasteiger partial charge in [0, 0.05) is 35.2 Å². The number of rotatable bonds is 7. The molecule has 0 aliphatic heterocycles. The third-order valence-electron chi connectivity index (χ3n) is 6.02. The van der Waals surface area contributed by atoms with Crippen molar-refractivity contribution in [1.82, 2.24) is 15.6 Å². The van der Waals surface area contributed by atoms with E-state index in [1.165, 1.54) is 6.42 Å². The monoisotopic (exact) mass is 434 g/mol. The van der Waals surface area contributed by atoms with Crippen LogP contribution >= 0.6 is 0 Å². The van der Waals surface area contributed by atoms with Crippen LogP contribution in [0, 0.1) is 0 Å². The minimum absolute atomic E-state index is 0.169. The first kappa shape index (κ1) is 21.7. The zero-order chi connectivity index (χ0) is 22.3. The van der Waals surface area contributed by atoms with Crippen molar-refractivity contribution in [3.05, 3.63) is 60.3 Å². The lowest BCUT2D eigenvalue weighted by Crippen LogP contribution is -2.51. The minimum Gasteiger partial charge on any atom is -0.497 e. The van der Waals surface area contributed by atoms with Crippen LogP contribution in [0.1, 0.15) is 37.7 Å². The summed E-state index contributed by atoms with van der Waals surface area (Å²) in [7, 11) is 1.60. The van der Waals surface area contributed by atoms with Gasteiger partial charge in [-0.25, -0.2) is 4.79 Å². The second-order valence-electron chi connectivity index (χ2n) is 8.29. The highest BCUT2D eigenvalue weighted by atomic mass is 16.5. The van der Waals surface area contributed by atoms with Gasteiger partial charge in [-0.05, 0) is 48.7 Å². The molecule has 2 aromatic carbocycles. The fraction of sp³-hybridized carbons (Fsp3) is 0.360. The molecule has 0 saturated heterocycles. The molecule has 0 bridgehead atoms. The molecule has 1 atom stereocenters. The summed E-state index contributed by atoms with van der Waals surface area (Å²) in [5, 5.41) is 9.92. The van der Waals surface area contributed by atoms with Gasteiger partial charge in [0.2, 0.25) is 5.91 Å². The Bertz CT molecular complexity index is 1050. The SMILES string of the molecule is COc1ccc(NC(=O)C(Cc2c[nH]c3ccccc23)NC(=O)NC2CCCCC2)cc1. The molecule has 168 valence electrons. The fourth-order valence-electron chi connectivity index (χ4n) is 4.27. The summed E-state index contributed by atoms with van der Waals surface area (Å²) in [6.07, 6.45) is 7.72. The van der Waals surface area contributed by atoms with Gasteiger partial charge in [0.25, 0.3) is 0 Å². The van der Waals surface area contributed by atoms with Crippen molar-refractivity contribution in [1.29, 1.82) is 0 Å². The van der Waals surface area contributed by atoms with Crippen molar-refractivity contribution >= 4 is 28.5 Å². The molecule has 3 aromatic rings. The average Bonchev–Trinajstić information content (AvgIpc) is 3.22. The number of fused-ring (bicyclic) bond motifs is 1. The molecule has 0 radical (unpaired) electrons. The van der Waals surface area contributed by atoms with E-state index in [2.05, 4.69) is 20.9 Å². The van der Waals surface area contributed by atoms with Crippen molar-refractivity contribution in [2.75, 3.05) is 12.4 Å². The Morgan fingerprint density at radius 3 is 2.56 bits per heavy atom. The molecule has 1 unspecified atom stereocenters. The van der Waals surface area contributed by atoms with Crippen LogP contribution in [-0.2, 0) is 11.2 Å². The van der Waals surface area contributed by atoms with Crippen molar-refractivity contribution in [3.63, 3.8) is 0 Å². The van der Waals surface area contributed by atoms with E-state index in [0.717, 1.165) is 42.1 Å². The number of hydrogen-bond acceptors (Lipinski definition) is 3. The Hall–Kier alpha value is -3.48. The van der Waals surface area contributed by atoms with Gasteiger partial charge in [0.15, 0.2) is 0 Å². The highest BCUT2D eigenvalue weighted by Crippen LogP contribution is 2.21. The van der Waals surface area contributed by atoms with E-state index in [0.29, 0.717) is 17.9 Å². The Labute approximate surface area is 187 Å². The topological polar surface area (TPSA) is 95.2 Å². The molecule has 1 aliphatic carbocycles. The molecular weight excluding hydrogens is 404 g/mol. The minimum atomic E-state index is -0.722. The Morgan fingerprint density at radius 2 is 1.81 bits per heavy atom. The van der Waals surface area contributed by atoms with Gasteiger partial charge in [0.05, 0.1) is 7.11 Å². The molecule has 1 aromatic heterocycles. The van der Waals surface area contributed by atoms with E-state index in [1.807, 2.05) is 30.5 Å². The number of carbonyl (C=O) groups excluding carboxylic acids is 2. The number of aromatic amines is 1. The number of hydrogen-bond donors (Lipinski definition) is 4. The standard InChI is InChI=1S/C25H30N4O3/c1-32-20-13-11-19(12-14-20)27-24(30)23(29-25(31)28-18-7-3-2-4-8-18)15-17-16-26-22-10-6-5-9-21(17)22/h5-6,9-14,16,18,23,26H,2-4,7-8,15H2,1H3,(H,27,30)(H2,28,29,31). The quantitative estimate of drug-likeness (QED) is 0.445. The van der Waals surface area contributed by atoms with Crippen LogP contribution in [-0.4, -0.2) is 36.1 Å². The molecule has 1 heterocycles. The number of benzene rings is 2. The van der Waals surface area contributed by atoms with E-state index in [1.54, 1.807) is 31.4 Å². The zero-order valence-electron chi connectivity index (χ0n) is 18.3. The van der Waals surface area contributed by atoms with Gasteiger partial charge in [-0.15, -0.1) is 0 Å². The third-order valence-corrected chi connectivity index (χ3v) is 6.02. The molecule has 32 heavy (non-hydrogen) atoms. The molecule has 3 amide bonds. The van der Waals surface area contributed by atoms with Gasteiger partial charge in [-0.2, -0.15) is 0 Å². The number of aromatic nitrogens is 1. The largest absolute Gasteiger partial charge is 0.497 e. The smallest absolute Gasteiger partial charge is 0.315 e. The zero-order valence-corrected chi connectivity index (χ0v) is 18.3. The fourth-order valence-corrected chi connectivity index (χ4v) is 4.27. The number of ether oxygens (including phenoxy) is 1. The summed E-state index contributed by atoms with van der Waals surface area (Å²) in [6.45, 7) is 0. The number of carbonyl (C=O) groups is 2. The van der Waals surface area contributed by atoms with Gasteiger partial charge in [-0.3, -0.25) is 4.79 Å². The number of nitrogens with one attached hydrogen (secondary N) is 4. The lowest BCUT2D eigenvalue weighted by molar-refractivity contribution is -0.117. The second kappa shape index (κ2) is 10.2. The average molecular weight is 435 g/mol. The van der Waals surface area contributed by atoms with Crippen molar-refractivity contribution in [3.8, 4) is 5.75 Å². The molecular formula is C25H30N4O3. The maximum Gasteiger partial charge on any atom is 0.315 e. The van der Waals surface area contributed by atoms with Crippen molar-refractivity contribution < 1.29 is 14.3 Å².